The number of aromatic nitrogens is 3. The summed E-state index contributed by atoms with van der Waals surface area (Å²) in [7, 11) is 0. The number of nitrogens with zero attached hydrogens (tertiary/aromatic N) is 4. The van der Waals surface area contributed by atoms with E-state index in [9.17, 15) is 4.79 Å². The van der Waals surface area contributed by atoms with Crippen LogP contribution < -0.4 is 5.73 Å². The first-order chi connectivity index (χ1) is 10.8. The Balaban J connectivity index is 1.65. The maximum atomic E-state index is 12.5. The van der Waals surface area contributed by atoms with Gasteiger partial charge in [0.2, 0.25) is 5.91 Å². The summed E-state index contributed by atoms with van der Waals surface area (Å²) >= 11 is 1.43. The number of amides is 1. The van der Waals surface area contributed by atoms with Crippen LogP contribution in [0.4, 0.5) is 0 Å². The van der Waals surface area contributed by atoms with E-state index in [-0.39, 0.29) is 5.91 Å². The van der Waals surface area contributed by atoms with Crippen molar-refractivity contribution in [2.45, 2.75) is 36.9 Å². The van der Waals surface area contributed by atoms with Crippen molar-refractivity contribution < 1.29 is 4.79 Å². The largest absolute Gasteiger partial charge is 0.338 e. The Morgan fingerprint density at radius 1 is 1.36 bits per heavy atom. The Kier molecular flexibility index (Phi) is 4.94. The van der Waals surface area contributed by atoms with Gasteiger partial charge in [0.25, 0.3) is 0 Å². The van der Waals surface area contributed by atoms with Gasteiger partial charge >= 0.3 is 0 Å². The third-order valence-electron chi connectivity index (χ3n) is 4.06. The van der Waals surface area contributed by atoms with Crippen LogP contribution in [0, 0.1) is 0 Å². The summed E-state index contributed by atoms with van der Waals surface area (Å²) in [5.74, 6) is 0.529. The molecule has 0 spiro atoms. The number of thioether (sulfide) groups is 1. The molecule has 1 aliphatic rings. The predicted octanol–water partition coefficient (Wildman–Crippen LogP) is 1.55. The summed E-state index contributed by atoms with van der Waals surface area (Å²) in [6.07, 6.45) is 6.53. The Bertz CT molecular complexity index is 638. The minimum Gasteiger partial charge on any atom is -0.338 e. The van der Waals surface area contributed by atoms with Gasteiger partial charge in [0.1, 0.15) is 0 Å². The molecule has 0 aromatic carbocycles. The summed E-state index contributed by atoms with van der Waals surface area (Å²) in [5.41, 5.74) is 6.47. The molecule has 0 saturated heterocycles. The molecule has 1 fully saturated rings. The first-order valence-corrected chi connectivity index (χ1v) is 8.70. The van der Waals surface area contributed by atoms with E-state index in [1.807, 2.05) is 33.7 Å². The molecular formula is C15H21N5OS. The van der Waals surface area contributed by atoms with Crippen LogP contribution >= 0.6 is 11.8 Å². The highest BCUT2D eigenvalue weighted by Gasteiger charge is 2.26. The lowest BCUT2D eigenvalue weighted by Crippen LogP contribution is -2.42. The highest BCUT2D eigenvalue weighted by molar-refractivity contribution is 7.99. The zero-order valence-corrected chi connectivity index (χ0v) is 13.3. The van der Waals surface area contributed by atoms with Crippen molar-refractivity contribution in [1.82, 2.24) is 19.5 Å². The lowest BCUT2D eigenvalue weighted by molar-refractivity contribution is -0.130. The van der Waals surface area contributed by atoms with Crippen LogP contribution in [-0.4, -0.2) is 50.3 Å². The van der Waals surface area contributed by atoms with Crippen molar-refractivity contribution in [3.05, 3.63) is 24.4 Å². The minimum absolute atomic E-state index is 0.148. The van der Waals surface area contributed by atoms with Gasteiger partial charge in [0.05, 0.1) is 5.75 Å². The molecule has 6 nitrogen and oxygen atoms in total. The number of fused-ring (bicyclic) bond motifs is 1. The Morgan fingerprint density at radius 2 is 2.18 bits per heavy atom. The first-order valence-electron chi connectivity index (χ1n) is 7.71. The summed E-state index contributed by atoms with van der Waals surface area (Å²) in [5, 5.41) is 9.01. The van der Waals surface area contributed by atoms with Gasteiger partial charge in [-0.05, 0) is 25.0 Å². The highest BCUT2D eigenvalue weighted by atomic mass is 32.2. The first kappa shape index (κ1) is 15.3. The van der Waals surface area contributed by atoms with E-state index in [1.54, 1.807) is 0 Å². The number of hydrogen-bond donors (Lipinski definition) is 1. The number of hydrogen-bond acceptors (Lipinski definition) is 5. The molecule has 0 radical (unpaired) electrons. The van der Waals surface area contributed by atoms with Gasteiger partial charge in [-0.3, -0.25) is 9.20 Å². The van der Waals surface area contributed by atoms with Gasteiger partial charge in [-0.2, -0.15) is 0 Å². The topological polar surface area (TPSA) is 76.5 Å². The van der Waals surface area contributed by atoms with E-state index in [2.05, 4.69) is 10.2 Å². The van der Waals surface area contributed by atoms with Crippen molar-refractivity contribution in [1.29, 1.82) is 0 Å². The molecule has 2 N–H and O–H groups in total. The summed E-state index contributed by atoms with van der Waals surface area (Å²) in [6.45, 7) is 1.16. The molecule has 2 aromatic rings. The molecule has 22 heavy (non-hydrogen) atoms. The van der Waals surface area contributed by atoms with Crippen molar-refractivity contribution in [3.8, 4) is 0 Å². The summed E-state index contributed by atoms with van der Waals surface area (Å²) in [6, 6.07) is 6.12. The number of nitrogens with two attached hydrogens (primary N) is 1. The molecule has 2 aromatic heterocycles. The van der Waals surface area contributed by atoms with E-state index in [4.69, 9.17) is 5.73 Å². The van der Waals surface area contributed by atoms with Crippen LogP contribution in [-0.2, 0) is 4.79 Å². The molecule has 1 amide bonds. The maximum absolute atomic E-state index is 12.5. The van der Waals surface area contributed by atoms with Gasteiger partial charge < -0.3 is 10.6 Å². The highest BCUT2D eigenvalue weighted by Crippen LogP contribution is 2.25. The van der Waals surface area contributed by atoms with Crippen LogP contribution in [0.1, 0.15) is 25.7 Å². The van der Waals surface area contributed by atoms with Crippen molar-refractivity contribution in [2.24, 2.45) is 5.73 Å². The molecule has 0 unspecified atom stereocenters. The minimum atomic E-state index is 0.148. The zero-order chi connectivity index (χ0) is 15.4. The number of carbonyl (C=O) groups is 1. The van der Waals surface area contributed by atoms with E-state index >= 15 is 0 Å². The second-order valence-electron chi connectivity index (χ2n) is 5.51. The third-order valence-corrected chi connectivity index (χ3v) is 4.99. The van der Waals surface area contributed by atoms with Gasteiger partial charge in [-0.15, -0.1) is 10.2 Å². The van der Waals surface area contributed by atoms with Gasteiger partial charge in [0.15, 0.2) is 10.8 Å². The second kappa shape index (κ2) is 7.11. The molecule has 1 saturated carbocycles. The molecule has 0 aliphatic heterocycles. The Labute approximate surface area is 134 Å². The lowest BCUT2D eigenvalue weighted by atomic mass is 10.2. The van der Waals surface area contributed by atoms with Gasteiger partial charge in [0, 0.05) is 25.3 Å². The van der Waals surface area contributed by atoms with E-state index in [0.29, 0.717) is 24.9 Å². The molecule has 2 heterocycles. The van der Waals surface area contributed by atoms with Crippen LogP contribution in [0.15, 0.2) is 29.6 Å². The molecule has 7 heteroatoms. The summed E-state index contributed by atoms with van der Waals surface area (Å²) in [4.78, 5) is 14.5. The molecule has 118 valence electrons. The van der Waals surface area contributed by atoms with Crippen molar-refractivity contribution in [3.63, 3.8) is 0 Å². The van der Waals surface area contributed by atoms with Crippen molar-refractivity contribution >= 4 is 23.3 Å². The van der Waals surface area contributed by atoms with E-state index < -0.39 is 0 Å². The Hall–Kier alpha value is -1.60. The van der Waals surface area contributed by atoms with Gasteiger partial charge in [-0.1, -0.05) is 30.7 Å². The van der Waals surface area contributed by atoms with Crippen molar-refractivity contribution in [2.75, 3.05) is 18.8 Å². The second-order valence-corrected chi connectivity index (χ2v) is 6.46. The van der Waals surface area contributed by atoms with E-state index in [1.165, 1.54) is 24.6 Å². The number of pyridine rings is 1. The molecule has 0 bridgehead atoms. The number of carbonyl (C=O) groups excluding carboxylic acids is 1. The average Bonchev–Trinajstić information content (AvgIpc) is 3.20. The van der Waals surface area contributed by atoms with Crippen LogP contribution in [0.25, 0.3) is 5.65 Å². The lowest BCUT2D eigenvalue weighted by Gasteiger charge is -2.28. The zero-order valence-electron chi connectivity index (χ0n) is 12.5. The van der Waals surface area contributed by atoms with Crippen LogP contribution in [0.5, 0.6) is 0 Å². The molecule has 0 atom stereocenters. The monoisotopic (exact) mass is 319 g/mol. The maximum Gasteiger partial charge on any atom is 0.233 e. The molecular weight excluding hydrogens is 298 g/mol. The standard InChI is InChI=1S/C15H21N5OS/c16-8-10-19(12-5-1-2-6-12)14(21)11-22-15-18-17-13-7-3-4-9-20(13)15/h3-4,7,9,12H,1-2,5-6,8,10-11,16H2. The average molecular weight is 319 g/mol. The number of rotatable bonds is 6. The van der Waals surface area contributed by atoms with Crippen LogP contribution in [0.3, 0.4) is 0 Å². The fraction of sp³-hybridized carbons (Fsp3) is 0.533. The smallest absolute Gasteiger partial charge is 0.233 e. The summed E-state index contributed by atoms with van der Waals surface area (Å²) < 4.78 is 1.90. The van der Waals surface area contributed by atoms with E-state index in [0.717, 1.165) is 23.6 Å². The SMILES string of the molecule is NCCN(C(=O)CSc1nnc2ccccn12)C1CCCC1. The third kappa shape index (κ3) is 3.25. The quantitative estimate of drug-likeness (QED) is 0.818. The predicted molar refractivity (Wildman–Crippen MR) is 86.7 cm³/mol. The van der Waals surface area contributed by atoms with Crippen LogP contribution in [0.2, 0.25) is 0 Å². The molecule has 3 rings (SSSR count). The van der Waals surface area contributed by atoms with Gasteiger partial charge in [-0.25, -0.2) is 0 Å². The fourth-order valence-corrected chi connectivity index (χ4v) is 3.80. The fourth-order valence-electron chi connectivity index (χ4n) is 2.99. The normalized spacial score (nSPS) is 15.5. The Morgan fingerprint density at radius 3 is 2.95 bits per heavy atom. The molecule has 1 aliphatic carbocycles.